The lowest BCUT2D eigenvalue weighted by molar-refractivity contribution is 0.0595. The second-order valence-electron chi connectivity index (χ2n) is 4.36. The first kappa shape index (κ1) is 14.1. The molecule has 2 aromatic rings. The average molecular weight is 274 g/mol. The van der Waals surface area contributed by atoms with Crippen LogP contribution in [0.5, 0.6) is 5.75 Å². The normalized spacial score (nSPS) is 10.2. The van der Waals surface area contributed by atoms with Crippen molar-refractivity contribution < 1.29 is 18.7 Å². The largest absolute Gasteiger partial charge is 0.489 e. The van der Waals surface area contributed by atoms with Gasteiger partial charge in [0.2, 0.25) is 0 Å². The predicted molar refractivity (Wildman–Crippen MR) is 73.3 cm³/mol. The van der Waals surface area contributed by atoms with Crippen LogP contribution in [-0.4, -0.2) is 13.1 Å². The molecule has 0 N–H and O–H groups in total. The smallest absolute Gasteiger partial charge is 0.340 e. The summed E-state index contributed by atoms with van der Waals surface area (Å²) in [6, 6.07) is 11.9. The van der Waals surface area contributed by atoms with Gasteiger partial charge in [-0.1, -0.05) is 24.3 Å². The highest BCUT2D eigenvalue weighted by Crippen LogP contribution is 2.19. The van der Waals surface area contributed by atoms with Gasteiger partial charge in [-0.3, -0.25) is 0 Å². The number of rotatable bonds is 4. The Morgan fingerprint density at radius 2 is 1.95 bits per heavy atom. The molecule has 2 rings (SSSR count). The molecule has 0 heterocycles. The van der Waals surface area contributed by atoms with Gasteiger partial charge in [-0.15, -0.1) is 0 Å². The highest BCUT2D eigenvalue weighted by molar-refractivity contribution is 5.89. The van der Waals surface area contributed by atoms with E-state index >= 15 is 0 Å². The summed E-state index contributed by atoms with van der Waals surface area (Å²) in [4.78, 5) is 11.3. The molecule has 0 bridgehead atoms. The first-order chi connectivity index (χ1) is 9.61. The average Bonchev–Trinajstić information content (AvgIpc) is 2.46. The van der Waals surface area contributed by atoms with E-state index in [9.17, 15) is 9.18 Å². The number of aryl methyl sites for hydroxylation is 1. The van der Waals surface area contributed by atoms with E-state index in [0.717, 1.165) is 11.3 Å². The Kier molecular flexibility index (Phi) is 4.35. The summed E-state index contributed by atoms with van der Waals surface area (Å²) in [5.41, 5.74) is 1.59. The minimum absolute atomic E-state index is 0.0767. The van der Waals surface area contributed by atoms with Crippen molar-refractivity contribution in [3.63, 3.8) is 0 Å². The second kappa shape index (κ2) is 6.19. The molecule has 0 saturated carbocycles. The molecule has 104 valence electrons. The van der Waals surface area contributed by atoms with Crippen LogP contribution in [0, 0.1) is 12.7 Å². The summed E-state index contributed by atoms with van der Waals surface area (Å²) in [6.07, 6.45) is 0. The van der Waals surface area contributed by atoms with Crippen molar-refractivity contribution in [1.29, 1.82) is 0 Å². The molecule has 0 fully saturated rings. The summed E-state index contributed by atoms with van der Waals surface area (Å²) in [5, 5.41) is 0. The molecule has 0 amide bonds. The second-order valence-corrected chi connectivity index (χ2v) is 4.36. The third kappa shape index (κ3) is 3.15. The van der Waals surface area contributed by atoms with Gasteiger partial charge in [0.15, 0.2) is 0 Å². The van der Waals surface area contributed by atoms with Crippen LogP contribution in [0.4, 0.5) is 4.39 Å². The quantitative estimate of drug-likeness (QED) is 0.800. The fourth-order valence-corrected chi connectivity index (χ4v) is 1.80. The minimum Gasteiger partial charge on any atom is -0.489 e. The number of benzene rings is 2. The van der Waals surface area contributed by atoms with Crippen molar-refractivity contribution in [2.75, 3.05) is 7.11 Å². The lowest BCUT2D eigenvalue weighted by Gasteiger charge is -2.09. The van der Waals surface area contributed by atoms with Gasteiger partial charge >= 0.3 is 5.97 Å². The van der Waals surface area contributed by atoms with Crippen molar-refractivity contribution in [2.24, 2.45) is 0 Å². The molecular weight excluding hydrogens is 259 g/mol. The minimum atomic E-state index is -0.686. The van der Waals surface area contributed by atoms with Crippen molar-refractivity contribution in [2.45, 2.75) is 13.5 Å². The molecule has 0 saturated heterocycles. The Morgan fingerprint density at radius 1 is 1.20 bits per heavy atom. The van der Waals surface area contributed by atoms with Gasteiger partial charge in [-0.25, -0.2) is 9.18 Å². The predicted octanol–water partition coefficient (Wildman–Crippen LogP) is 3.50. The van der Waals surface area contributed by atoms with Crippen molar-refractivity contribution in [1.82, 2.24) is 0 Å². The Bertz CT molecular complexity index is 623. The Balaban J connectivity index is 2.10. The molecule has 0 unspecified atom stereocenters. The first-order valence-corrected chi connectivity index (χ1v) is 6.17. The maximum Gasteiger partial charge on any atom is 0.340 e. The summed E-state index contributed by atoms with van der Waals surface area (Å²) < 4.78 is 23.8. The van der Waals surface area contributed by atoms with Crippen LogP contribution < -0.4 is 4.74 Å². The summed E-state index contributed by atoms with van der Waals surface area (Å²) in [5.74, 6) is -0.540. The van der Waals surface area contributed by atoms with Crippen LogP contribution in [0.2, 0.25) is 0 Å². The number of methoxy groups -OCH3 is 1. The van der Waals surface area contributed by atoms with E-state index in [1.807, 2.05) is 31.2 Å². The van der Waals surface area contributed by atoms with Crippen LogP contribution in [0.25, 0.3) is 0 Å². The molecule has 3 nitrogen and oxygen atoms in total. The molecule has 0 spiro atoms. The van der Waals surface area contributed by atoms with E-state index < -0.39 is 11.8 Å². The Morgan fingerprint density at radius 3 is 2.60 bits per heavy atom. The molecule has 2 aromatic carbocycles. The highest BCUT2D eigenvalue weighted by atomic mass is 19.1. The molecule has 0 aromatic heterocycles. The summed E-state index contributed by atoms with van der Waals surface area (Å²) in [7, 11) is 1.22. The number of hydrogen-bond donors (Lipinski definition) is 0. The number of ether oxygens (including phenoxy) is 2. The van der Waals surface area contributed by atoms with Crippen molar-refractivity contribution >= 4 is 5.97 Å². The number of halogens is 1. The van der Waals surface area contributed by atoms with Crippen LogP contribution in [0.1, 0.15) is 21.5 Å². The maximum absolute atomic E-state index is 13.7. The topological polar surface area (TPSA) is 35.5 Å². The Hall–Kier alpha value is -2.36. The lowest BCUT2D eigenvalue weighted by atomic mass is 10.1. The van der Waals surface area contributed by atoms with Gasteiger partial charge in [-0.2, -0.15) is 0 Å². The molecule has 20 heavy (non-hydrogen) atoms. The van der Waals surface area contributed by atoms with Gasteiger partial charge in [0.1, 0.15) is 18.2 Å². The number of para-hydroxylation sites is 1. The summed E-state index contributed by atoms with van der Waals surface area (Å²) >= 11 is 0. The van der Waals surface area contributed by atoms with E-state index in [1.54, 1.807) is 6.07 Å². The zero-order chi connectivity index (χ0) is 14.5. The third-order valence-corrected chi connectivity index (χ3v) is 2.93. The zero-order valence-corrected chi connectivity index (χ0v) is 11.4. The monoisotopic (exact) mass is 274 g/mol. The molecular formula is C16H15FO3. The molecule has 4 heteroatoms. The van der Waals surface area contributed by atoms with Gasteiger partial charge in [0.25, 0.3) is 0 Å². The Labute approximate surface area is 117 Å². The molecule has 0 aliphatic rings. The lowest BCUT2D eigenvalue weighted by Crippen LogP contribution is -2.05. The molecule has 0 aliphatic heterocycles. The van der Waals surface area contributed by atoms with E-state index in [1.165, 1.54) is 19.2 Å². The van der Waals surface area contributed by atoms with E-state index in [2.05, 4.69) is 4.74 Å². The molecule has 0 atom stereocenters. The maximum atomic E-state index is 13.7. The first-order valence-electron chi connectivity index (χ1n) is 6.17. The van der Waals surface area contributed by atoms with Crippen molar-refractivity contribution in [3.8, 4) is 5.75 Å². The highest BCUT2D eigenvalue weighted by Gasteiger charge is 2.12. The number of carbonyl (C=O) groups excluding carboxylic acids is 1. The number of carbonyl (C=O) groups is 1. The van der Waals surface area contributed by atoms with Crippen LogP contribution in [0.3, 0.4) is 0 Å². The SMILES string of the molecule is COC(=O)c1ccc(COc2ccccc2C)cc1F. The van der Waals surface area contributed by atoms with E-state index in [-0.39, 0.29) is 12.2 Å². The third-order valence-electron chi connectivity index (χ3n) is 2.93. The fourth-order valence-electron chi connectivity index (χ4n) is 1.80. The van der Waals surface area contributed by atoms with E-state index in [4.69, 9.17) is 4.74 Å². The molecule has 0 radical (unpaired) electrons. The van der Waals surface area contributed by atoms with Crippen LogP contribution >= 0.6 is 0 Å². The van der Waals surface area contributed by atoms with Crippen LogP contribution in [-0.2, 0) is 11.3 Å². The number of esters is 1. The summed E-state index contributed by atoms with van der Waals surface area (Å²) in [6.45, 7) is 2.18. The van der Waals surface area contributed by atoms with Gasteiger partial charge < -0.3 is 9.47 Å². The van der Waals surface area contributed by atoms with Gasteiger partial charge in [0, 0.05) is 0 Å². The molecule has 0 aliphatic carbocycles. The van der Waals surface area contributed by atoms with Gasteiger partial charge in [-0.05, 0) is 36.2 Å². The van der Waals surface area contributed by atoms with Crippen molar-refractivity contribution in [3.05, 3.63) is 65.0 Å². The van der Waals surface area contributed by atoms with E-state index in [0.29, 0.717) is 5.56 Å². The fraction of sp³-hybridized carbons (Fsp3) is 0.188. The number of hydrogen-bond acceptors (Lipinski definition) is 3. The van der Waals surface area contributed by atoms with Crippen LogP contribution in [0.15, 0.2) is 42.5 Å². The standard InChI is InChI=1S/C16H15FO3/c1-11-5-3-4-6-15(11)20-10-12-7-8-13(14(17)9-12)16(18)19-2/h3-9H,10H2,1-2H3. The zero-order valence-electron chi connectivity index (χ0n) is 11.4. The van der Waals surface area contributed by atoms with Gasteiger partial charge in [0.05, 0.1) is 12.7 Å².